The van der Waals surface area contributed by atoms with Gasteiger partial charge in [0, 0.05) is 11.4 Å². The summed E-state index contributed by atoms with van der Waals surface area (Å²) in [5.41, 5.74) is -3.61. The van der Waals surface area contributed by atoms with Crippen LogP contribution < -0.4 is 4.74 Å². The Bertz CT molecular complexity index is 558. The van der Waals surface area contributed by atoms with Gasteiger partial charge in [-0.3, -0.25) is 0 Å². The summed E-state index contributed by atoms with van der Waals surface area (Å²) in [6.07, 6.45) is -10.4. The van der Waals surface area contributed by atoms with Crippen molar-refractivity contribution in [1.29, 1.82) is 0 Å². The summed E-state index contributed by atoms with van der Waals surface area (Å²) in [4.78, 5) is 14.7. The average Bonchev–Trinajstić information content (AvgIpc) is 2.34. The summed E-state index contributed by atoms with van der Waals surface area (Å²) in [7, 11) is 0. The lowest BCUT2D eigenvalue weighted by molar-refractivity contribution is -0.275. The third-order valence-electron chi connectivity index (χ3n) is 2.15. The summed E-state index contributed by atoms with van der Waals surface area (Å²) >= 11 is 2.78. The minimum atomic E-state index is -5.28. The van der Waals surface area contributed by atoms with Crippen molar-refractivity contribution in [3.8, 4) is 5.75 Å². The lowest BCUT2D eigenvalue weighted by Crippen LogP contribution is -2.24. The van der Waals surface area contributed by atoms with Crippen LogP contribution in [-0.2, 0) is 16.2 Å². The second-order valence-electron chi connectivity index (χ2n) is 3.73. The molecule has 0 bridgehead atoms. The molecule has 0 radical (unpaired) electrons. The molecule has 1 aromatic heterocycles. The highest BCUT2D eigenvalue weighted by Crippen LogP contribution is 2.37. The minimum Gasteiger partial charge on any atom is -0.462 e. The Kier molecular flexibility index (Phi) is 5.65. The SMILES string of the molecule is CCOC(=O)c1c(OC(F)(F)F)cc(CBr)nc1C(F)(F)F. The van der Waals surface area contributed by atoms with E-state index in [1.54, 1.807) is 0 Å². The molecule has 0 aliphatic carbocycles. The fourth-order valence-corrected chi connectivity index (χ4v) is 1.74. The van der Waals surface area contributed by atoms with Gasteiger partial charge in [-0.25, -0.2) is 9.78 Å². The van der Waals surface area contributed by atoms with Crippen LogP contribution in [0.4, 0.5) is 26.3 Å². The number of hydrogen-bond donors (Lipinski definition) is 0. The fourth-order valence-electron chi connectivity index (χ4n) is 1.45. The molecule has 22 heavy (non-hydrogen) atoms. The predicted molar refractivity (Wildman–Crippen MR) is 64.5 cm³/mol. The molecule has 0 aliphatic heterocycles. The number of ether oxygens (including phenoxy) is 2. The second-order valence-corrected chi connectivity index (χ2v) is 4.30. The molecule has 0 fully saturated rings. The molecule has 1 rings (SSSR count). The van der Waals surface area contributed by atoms with Gasteiger partial charge in [0.1, 0.15) is 11.3 Å². The van der Waals surface area contributed by atoms with Crippen LogP contribution in [0.25, 0.3) is 0 Å². The molecule has 0 aromatic carbocycles. The van der Waals surface area contributed by atoms with Gasteiger partial charge in [-0.05, 0) is 6.92 Å². The van der Waals surface area contributed by atoms with Crippen molar-refractivity contribution >= 4 is 21.9 Å². The van der Waals surface area contributed by atoms with Crippen molar-refractivity contribution in [2.24, 2.45) is 0 Å². The number of nitrogens with zero attached hydrogens (tertiary/aromatic N) is 1. The van der Waals surface area contributed by atoms with Crippen LogP contribution in [0, 0.1) is 0 Å². The molecule has 0 unspecified atom stereocenters. The predicted octanol–water partition coefficient (Wildman–Crippen LogP) is 4.07. The second kappa shape index (κ2) is 6.71. The van der Waals surface area contributed by atoms with E-state index in [2.05, 4.69) is 30.4 Å². The molecule has 0 amide bonds. The summed E-state index contributed by atoms with van der Waals surface area (Å²) in [6.45, 7) is 0.956. The summed E-state index contributed by atoms with van der Waals surface area (Å²) in [5.74, 6) is -2.93. The number of aromatic nitrogens is 1. The fraction of sp³-hybridized carbons (Fsp3) is 0.455. The van der Waals surface area contributed by atoms with E-state index in [9.17, 15) is 31.1 Å². The van der Waals surface area contributed by atoms with E-state index in [1.807, 2.05) is 0 Å². The standard InChI is InChI=1S/C11H8BrF6NO3/c1-2-21-9(20)7-6(22-11(16,17)18)3-5(4-12)19-8(7)10(13,14)15/h3H,2,4H2,1H3. The van der Waals surface area contributed by atoms with Crippen molar-refractivity contribution in [3.05, 3.63) is 23.0 Å². The zero-order valence-corrected chi connectivity index (χ0v) is 12.4. The lowest BCUT2D eigenvalue weighted by atomic mass is 10.1. The van der Waals surface area contributed by atoms with Crippen LogP contribution in [0.15, 0.2) is 6.07 Å². The van der Waals surface area contributed by atoms with Gasteiger partial charge >= 0.3 is 18.5 Å². The first kappa shape index (κ1) is 18.5. The Morgan fingerprint density at radius 2 is 1.86 bits per heavy atom. The van der Waals surface area contributed by atoms with Crippen molar-refractivity contribution in [2.75, 3.05) is 6.61 Å². The molecule has 4 nitrogen and oxygen atoms in total. The van der Waals surface area contributed by atoms with E-state index in [0.717, 1.165) is 0 Å². The van der Waals surface area contributed by atoms with Gasteiger partial charge in [0.15, 0.2) is 5.69 Å². The van der Waals surface area contributed by atoms with Crippen molar-refractivity contribution < 1.29 is 40.6 Å². The zero-order chi connectivity index (χ0) is 17.1. The van der Waals surface area contributed by atoms with Crippen molar-refractivity contribution in [3.63, 3.8) is 0 Å². The van der Waals surface area contributed by atoms with Crippen LogP contribution in [-0.4, -0.2) is 23.9 Å². The molecule has 0 N–H and O–H groups in total. The van der Waals surface area contributed by atoms with Gasteiger partial charge in [-0.15, -0.1) is 13.2 Å². The van der Waals surface area contributed by atoms with Crippen LogP contribution in [0.5, 0.6) is 5.75 Å². The highest BCUT2D eigenvalue weighted by Gasteiger charge is 2.42. The normalized spacial score (nSPS) is 12.2. The third-order valence-corrected chi connectivity index (χ3v) is 2.72. The number of rotatable bonds is 4. The number of halogens is 7. The Labute approximate surface area is 128 Å². The largest absolute Gasteiger partial charge is 0.573 e. The first-order chi connectivity index (χ1) is 9.99. The number of hydrogen-bond acceptors (Lipinski definition) is 4. The van der Waals surface area contributed by atoms with E-state index in [-0.39, 0.29) is 17.6 Å². The van der Waals surface area contributed by atoms with Gasteiger partial charge in [-0.2, -0.15) is 13.2 Å². The van der Waals surface area contributed by atoms with Crippen LogP contribution in [0.2, 0.25) is 0 Å². The summed E-state index contributed by atoms with van der Waals surface area (Å²) in [5, 5.41) is -0.270. The van der Waals surface area contributed by atoms with Gasteiger partial charge < -0.3 is 9.47 Å². The highest BCUT2D eigenvalue weighted by atomic mass is 79.9. The molecule has 11 heteroatoms. The molecular weight excluding hydrogens is 388 g/mol. The van der Waals surface area contributed by atoms with Crippen LogP contribution in [0.1, 0.15) is 28.7 Å². The van der Waals surface area contributed by atoms with Crippen LogP contribution in [0.3, 0.4) is 0 Å². The molecule has 0 atom stereocenters. The third kappa shape index (κ3) is 4.75. The van der Waals surface area contributed by atoms with E-state index in [4.69, 9.17) is 0 Å². The molecule has 0 spiro atoms. The molecule has 1 heterocycles. The Balaban J connectivity index is 3.59. The number of alkyl halides is 7. The maximum atomic E-state index is 13.0. The first-order valence-electron chi connectivity index (χ1n) is 5.59. The Morgan fingerprint density at radius 3 is 2.27 bits per heavy atom. The summed E-state index contributed by atoms with van der Waals surface area (Å²) < 4.78 is 83.8. The molecule has 0 saturated carbocycles. The number of pyridine rings is 1. The van der Waals surface area contributed by atoms with Crippen LogP contribution >= 0.6 is 15.9 Å². The molecule has 0 saturated heterocycles. The van der Waals surface area contributed by atoms with Crippen molar-refractivity contribution in [2.45, 2.75) is 24.8 Å². The summed E-state index contributed by atoms with van der Waals surface area (Å²) in [6, 6.07) is 0.587. The van der Waals surface area contributed by atoms with E-state index < -0.39 is 35.5 Å². The van der Waals surface area contributed by atoms with Gasteiger partial charge in [-0.1, -0.05) is 15.9 Å². The Morgan fingerprint density at radius 1 is 1.27 bits per heavy atom. The van der Waals surface area contributed by atoms with E-state index in [0.29, 0.717) is 6.07 Å². The van der Waals surface area contributed by atoms with Crippen molar-refractivity contribution in [1.82, 2.24) is 4.98 Å². The smallest absolute Gasteiger partial charge is 0.462 e. The highest BCUT2D eigenvalue weighted by molar-refractivity contribution is 9.08. The number of carbonyl (C=O) groups excluding carboxylic acids is 1. The minimum absolute atomic E-state index is 0.270. The van der Waals surface area contributed by atoms with Gasteiger partial charge in [0.05, 0.1) is 12.3 Å². The molecule has 1 aromatic rings. The van der Waals surface area contributed by atoms with Gasteiger partial charge in [0.2, 0.25) is 0 Å². The molecular formula is C11H8BrF6NO3. The zero-order valence-electron chi connectivity index (χ0n) is 10.8. The molecule has 124 valence electrons. The maximum Gasteiger partial charge on any atom is 0.573 e. The number of esters is 1. The lowest BCUT2D eigenvalue weighted by Gasteiger charge is -2.17. The van der Waals surface area contributed by atoms with Gasteiger partial charge in [0.25, 0.3) is 0 Å². The quantitative estimate of drug-likeness (QED) is 0.438. The first-order valence-corrected chi connectivity index (χ1v) is 6.71. The maximum absolute atomic E-state index is 13.0. The van der Waals surface area contributed by atoms with E-state index >= 15 is 0 Å². The average molecular weight is 396 g/mol. The van der Waals surface area contributed by atoms with E-state index in [1.165, 1.54) is 6.92 Å². The molecule has 0 aliphatic rings. The monoisotopic (exact) mass is 395 g/mol. The topological polar surface area (TPSA) is 48.4 Å². The number of carbonyl (C=O) groups is 1. The Hall–Kier alpha value is -1.52.